The topological polar surface area (TPSA) is 95.6 Å². The number of nitrogens with one attached hydrogen (secondary N) is 2. The molecule has 8 heteroatoms. The molecule has 2 N–H and O–H groups in total. The number of benzene rings is 2. The molecule has 0 spiro atoms. The number of sulfonamides is 1. The molecule has 2 aromatic carbocycles. The minimum Gasteiger partial charge on any atom is -0.354 e. The van der Waals surface area contributed by atoms with E-state index in [4.69, 9.17) is 0 Å². The van der Waals surface area contributed by atoms with Crippen molar-refractivity contribution < 1.29 is 18.0 Å². The van der Waals surface area contributed by atoms with Gasteiger partial charge in [0.1, 0.15) is 6.04 Å². The van der Waals surface area contributed by atoms with Gasteiger partial charge in [0.25, 0.3) is 0 Å². The van der Waals surface area contributed by atoms with Crippen LogP contribution in [0.5, 0.6) is 0 Å². The van der Waals surface area contributed by atoms with E-state index in [9.17, 15) is 18.0 Å². The molecular formula is C25H33N3O4S. The molecule has 2 aromatic rings. The highest BCUT2D eigenvalue weighted by atomic mass is 32.2. The maximum Gasteiger partial charge on any atom is 0.241 e. The standard InChI is InChI=1S/C25H33N3O4S/c1-16(2)24(25(30)26-13-12-20-8-6-17(3)7-9-20)27-33(31,32)22-10-11-23-21(15-22)14-18(4)28(23)19(5)29/h6-11,15-16,18,24,27H,12-14H2,1-5H3,(H,26,30)/t18-,24+/m1/s1. The summed E-state index contributed by atoms with van der Waals surface area (Å²) >= 11 is 0. The van der Waals surface area contributed by atoms with Crippen LogP contribution in [0.15, 0.2) is 47.4 Å². The monoisotopic (exact) mass is 471 g/mol. The van der Waals surface area contributed by atoms with Crippen LogP contribution in [0.25, 0.3) is 0 Å². The third-order valence-corrected chi connectivity index (χ3v) is 7.42. The van der Waals surface area contributed by atoms with Crippen molar-refractivity contribution in [3.05, 3.63) is 59.2 Å². The molecule has 1 aliphatic heterocycles. The van der Waals surface area contributed by atoms with E-state index in [-0.39, 0.29) is 28.7 Å². The zero-order chi connectivity index (χ0) is 24.3. The second-order valence-electron chi connectivity index (χ2n) is 9.10. The van der Waals surface area contributed by atoms with Gasteiger partial charge in [-0.25, -0.2) is 8.42 Å². The molecule has 0 aliphatic carbocycles. The lowest BCUT2D eigenvalue weighted by molar-refractivity contribution is -0.123. The number of hydrogen-bond donors (Lipinski definition) is 2. The first-order chi connectivity index (χ1) is 15.5. The largest absolute Gasteiger partial charge is 0.354 e. The highest BCUT2D eigenvalue weighted by Crippen LogP contribution is 2.34. The number of nitrogens with zero attached hydrogens (tertiary/aromatic N) is 1. The van der Waals surface area contributed by atoms with Crippen LogP contribution >= 0.6 is 0 Å². The lowest BCUT2D eigenvalue weighted by Gasteiger charge is -2.22. The summed E-state index contributed by atoms with van der Waals surface area (Å²) in [4.78, 5) is 26.5. The van der Waals surface area contributed by atoms with Gasteiger partial charge in [0, 0.05) is 25.2 Å². The summed E-state index contributed by atoms with van der Waals surface area (Å²) in [6, 6.07) is 11.9. The van der Waals surface area contributed by atoms with Crippen molar-refractivity contribution in [1.29, 1.82) is 0 Å². The summed E-state index contributed by atoms with van der Waals surface area (Å²) in [6.07, 6.45) is 1.25. The smallest absolute Gasteiger partial charge is 0.241 e. The lowest BCUT2D eigenvalue weighted by Crippen LogP contribution is -2.49. The van der Waals surface area contributed by atoms with E-state index in [1.807, 2.05) is 52.0 Å². The van der Waals surface area contributed by atoms with Gasteiger partial charge in [0.15, 0.2) is 0 Å². The average Bonchev–Trinajstić information content (AvgIpc) is 3.08. The van der Waals surface area contributed by atoms with Gasteiger partial charge in [0.05, 0.1) is 4.90 Å². The van der Waals surface area contributed by atoms with Gasteiger partial charge in [-0.05, 0) is 61.9 Å². The van der Waals surface area contributed by atoms with Gasteiger partial charge in [-0.3, -0.25) is 9.59 Å². The Kier molecular flexibility index (Phi) is 7.59. The van der Waals surface area contributed by atoms with Gasteiger partial charge in [-0.15, -0.1) is 0 Å². The van der Waals surface area contributed by atoms with E-state index in [0.717, 1.165) is 16.8 Å². The normalized spacial score (nSPS) is 16.5. The number of rotatable bonds is 8. The van der Waals surface area contributed by atoms with Gasteiger partial charge >= 0.3 is 0 Å². The number of anilines is 1. The third-order valence-electron chi connectivity index (χ3n) is 5.98. The summed E-state index contributed by atoms with van der Waals surface area (Å²) in [6.45, 7) is 9.49. The molecule has 178 valence electrons. The maximum atomic E-state index is 13.1. The highest BCUT2D eigenvalue weighted by Gasteiger charge is 2.32. The van der Waals surface area contributed by atoms with Crippen LogP contribution in [0.2, 0.25) is 0 Å². The molecular weight excluding hydrogens is 438 g/mol. The SMILES string of the molecule is CC(=O)N1c2ccc(S(=O)(=O)N[C@H](C(=O)NCCc3ccc(C)cc3)C(C)C)cc2C[C@H]1C. The Morgan fingerprint density at radius 3 is 2.39 bits per heavy atom. The summed E-state index contributed by atoms with van der Waals surface area (Å²) in [7, 11) is -3.92. The predicted octanol–water partition coefficient (Wildman–Crippen LogP) is 2.95. The van der Waals surface area contributed by atoms with Crippen molar-refractivity contribution >= 4 is 27.5 Å². The molecule has 1 heterocycles. The first kappa shape index (κ1) is 24.9. The number of hydrogen-bond acceptors (Lipinski definition) is 4. The molecule has 2 atom stereocenters. The summed E-state index contributed by atoms with van der Waals surface area (Å²) in [5, 5.41) is 2.86. The molecule has 0 saturated carbocycles. The van der Waals surface area contributed by atoms with E-state index in [2.05, 4.69) is 10.0 Å². The lowest BCUT2D eigenvalue weighted by atomic mass is 10.0. The Morgan fingerprint density at radius 1 is 1.12 bits per heavy atom. The fourth-order valence-electron chi connectivity index (χ4n) is 4.18. The molecule has 0 fully saturated rings. The third kappa shape index (κ3) is 5.81. The van der Waals surface area contributed by atoms with Gasteiger partial charge < -0.3 is 10.2 Å². The van der Waals surface area contributed by atoms with Crippen LogP contribution in [0.4, 0.5) is 5.69 Å². The van der Waals surface area contributed by atoms with Crippen molar-refractivity contribution in [2.45, 2.75) is 64.4 Å². The second-order valence-corrected chi connectivity index (χ2v) is 10.8. The Balaban J connectivity index is 1.69. The van der Waals surface area contributed by atoms with Crippen LogP contribution < -0.4 is 14.9 Å². The van der Waals surface area contributed by atoms with E-state index in [1.54, 1.807) is 17.0 Å². The first-order valence-electron chi connectivity index (χ1n) is 11.3. The Bertz CT molecular complexity index is 1130. The van der Waals surface area contributed by atoms with Crippen molar-refractivity contribution in [3.63, 3.8) is 0 Å². The number of aryl methyl sites for hydroxylation is 1. The number of carbonyl (C=O) groups is 2. The van der Waals surface area contributed by atoms with Crippen LogP contribution in [0.3, 0.4) is 0 Å². The molecule has 3 rings (SSSR count). The van der Waals surface area contributed by atoms with Crippen molar-refractivity contribution in [2.75, 3.05) is 11.4 Å². The molecule has 0 unspecified atom stereocenters. The van der Waals surface area contributed by atoms with Crippen LogP contribution in [-0.2, 0) is 32.5 Å². The van der Waals surface area contributed by atoms with Gasteiger partial charge in [0.2, 0.25) is 21.8 Å². The molecule has 0 radical (unpaired) electrons. The summed E-state index contributed by atoms with van der Waals surface area (Å²) in [5.74, 6) is -0.655. The zero-order valence-corrected chi connectivity index (χ0v) is 20.7. The summed E-state index contributed by atoms with van der Waals surface area (Å²) < 4.78 is 28.8. The fraction of sp³-hybridized carbons (Fsp3) is 0.440. The molecule has 1 aliphatic rings. The second kappa shape index (κ2) is 10.1. The minimum atomic E-state index is -3.92. The van der Waals surface area contributed by atoms with Crippen molar-refractivity contribution in [3.8, 4) is 0 Å². The van der Waals surface area contributed by atoms with Crippen LogP contribution in [-0.4, -0.2) is 38.9 Å². The Hall–Kier alpha value is -2.71. The summed E-state index contributed by atoms with van der Waals surface area (Å²) in [5.41, 5.74) is 3.83. The molecule has 33 heavy (non-hydrogen) atoms. The highest BCUT2D eigenvalue weighted by molar-refractivity contribution is 7.89. The Morgan fingerprint density at radius 2 is 1.79 bits per heavy atom. The molecule has 0 bridgehead atoms. The number of carbonyl (C=O) groups excluding carboxylic acids is 2. The van der Waals surface area contributed by atoms with Crippen LogP contribution in [0, 0.1) is 12.8 Å². The molecule has 2 amide bonds. The first-order valence-corrected chi connectivity index (χ1v) is 12.8. The predicted molar refractivity (Wildman–Crippen MR) is 130 cm³/mol. The Labute approximate surface area is 196 Å². The zero-order valence-electron chi connectivity index (χ0n) is 19.9. The van der Waals surface area contributed by atoms with Crippen molar-refractivity contribution in [1.82, 2.24) is 10.0 Å². The molecule has 7 nitrogen and oxygen atoms in total. The molecule has 0 aromatic heterocycles. The average molecular weight is 472 g/mol. The molecule has 0 saturated heterocycles. The van der Waals surface area contributed by atoms with Gasteiger partial charge in [-0.1, -0.05) is 43.7 Å². The van der Waals surface area contributed by atoms with E-state index >= 15 is 0 Å². The minimum absolute atomic E-state index is 0.0221. The maximum absolute atomic E-state index is 13.1. The number of fused-ring (bicyclic) bond motifs is 1. The number of amides is 2. The van der Waals surface area contributed by atoms with E-state index < -0.39 is 16.1 Å². The van der Waals surface area contributed by atoms with Gasteiger partial charge in [-0.2, -0.15) is 4.72 Å². The van der Waals surface area contributed by atoms with E-state index in [0.29, 0.717) is 19.4 Å². The van der Waals surface area contributed by atoms with Crippen molar-refractivity contribution in [2.24, 2.45) is 5.92 Å². The van der Waals surface area contributed by atoms with E-state index in [1.165, 1.54) is 18.6 Å². The fourth-order valence-corrected chi connectivity index (χ4v) is 5.57. The van der Waals surface area contributed by atoms with Crippen LogP contribution in [0.1, 0.15) is 44.4 Å². The quantitative estimate of drug-likeness (QED) is 0.619.